The van der Waals surface area contributed by atoms with Gasteiger partial charge in [0, 0.05) is 22.6 Å². The van der Waals surface area contributed by atoms with Crippen molar-refractivity contribution in [3.63, 3.8) is 0 Å². The highest BCUT2D eigenvalue weighted by molar-refractivity contribution is 7.15. The summed E-state index contributed by atoms with van der Waals surface area (Å²) < 4.78 is 15.2. The molecule has 5 nitrogen and oxygen atoms in total. The number of aromatic nitrogens is 3. The molecule has 0 fully saturated rings. The van der Waals surface area contributed by atoms with Crippen LogP contribution in [0.1, 0.15) is 41.1 Å². The van der Waals surface area contributed by atoms with Crippen LogP contribution in [-0.4, -0.2) is 20.3 Å². The number of nitrogens with zero attached hydrogens (tertiary/aromatic N) is 3. The molecule has 0 atom stereocenters. The third-order valence-corrected chi connectivity index (χ3v) is 6.59. The Hall–Kier alpha value is -2.58. The van der Waals surface area contributed by atoms with Crippen molar-refractivity contribution in [2.75, 3.05) is 5.32 Å². The monoisotopic (exact) mass is 414 g/mol. The molecular weight excluding hydrogens is 395 g/mol. The third-order valence-electron chi connectivity index (χ3n) is 4.26. The quantitative estimate of drug-likeness (QED) is 0.480. The standard InChI is InChI=1S/C20H19FN4OS2/c1-11-15(28-18(22-11)20(2,3)4)17(26)24-16-14(12-5-7-13(21)8-6-12)23-19-25(16)9-10-27-19/h5-10H,1-4H3,(H,24,26). The number of carbonyl (C=O) groups excluding carboxylic acids is 1. The molecule has 0 saturated heterocycles. The van der Waals surface area contributed by atoms with E-state index in [4.69, 9.17) is 0 Å². The molecule has 3 aromatic heterocycles. The van der Waals surface area contributed by atoms with Crippen LogP contribution in [0.2, 0.25) is 0 Å². The number of hydrogen-bond acceptors (Lipinski definition) is 5. The SMILES string of the molecule is Cc1nc(C(C)(C)C)sc1C(=O)Nc1c(-c2ccc(F)cc2)nc2sccn12. The van der Waals surface area contributed by atoms with Crippen LogP contribution >= 0.6 is 22.7 Å². The molecule has 144 valence electrons. The number of nitrogens with one attached hydrogen (secondary N) is 1. The van der Waals surface area contributed by atoms with Crippen molar-refractivity contribution in [3.05, 3.63) is 57.2 Å². The van der Waals surface area contributed by atoms with Crippen LogP contribution in [-0.2, 0) is 5.41 Å². The maximum Gasteiger partial charge on any atom is 0.268 e. The zero-order valence-corrected chi connectivity index (χ0v) is 17.5. The first kappa shape index (κ1) is 18.8. The number of aryl methyl sites for hydroxylation is 1. The molecule has 0 radical (unpaired) electrons. The maximum absolute atomic E-state index is 13.3. The van der Waals surface area contributed by atoms with Crippen LogP contribution in [0.4, 0.5) is 10.2 Å². The highest BCUT2D eigenvalue weighted by Gasteiger charge is 2.25. The fourth-order valence-electron chi connectivity index (χ4n) is 2.81. The highest BCUT2D eigenvalue weighted by atomic mass is 32.1. The first-order valence-electron chi connectivity index (χ1n) is 8.75. The molecule has 4 aromatic rings. The summed E-state index contributed by atoms with van der Waals surface area (Å²) >= 11 is 2.88. The van der Waals surface area contributed by atoms with Crippen LogP contribution in [0.15, 0.2) is 35.8 Å². The van der Waals surface area contributed by atoms with E-state index in [1.165, 1.54) is 34.8 Å². The minimum absolute atomic E-state index is 0.121. The van der Waals surface area contributed by atoms with Crippen molar-refractivity contribution >= 4 is 39.4 Å². The maximum atomic E-state index is 13.3. The van der Waals surface area contributed by atoms with Crippen LogP contribution in [0.25, 0.3) is 16.2 Å². The minimum atomic E-state index is -0.314. The molecule has 0 aliphatic carbocycles. The average Bonchev–Trinajstić information content (AvgIpc) is 3.31. The second-order valence-corrected chi connectivity index (χ2v) is 9.38. The van der Waals surface area contributed by atoms with Gasteiger partial charge < -0.3 is 5.32 Å². The molecule has 0 unspecified atom stereocenters. The average molecular weight is 415 g/mol. The first-order chi connectivity index (χ1) is 13.2. The Kier molecular flexibility index (Phi) is 4.55. The Morgan fingerprint density at radius 3 is 2.54 bits per heavy atom. The van der Waals surface area contributed by atoms with Gasteiger partial charge in [-0.15, -0.1) is 22.7 Å². The van der Waals surface area contributed by atoms with Crippen LogP contribution in [0.3, 0.4) is 0 Å². The fraction of sp³-hybridized carbons (Fsp3) is 0.250. The van der Waals surface area contributed by atoms with Gasteiger partial charge >= 0.3 is 0 Å². The molecule has 0 spiro atoms. The van der Waals surface area contributed by atoms with E-state index >= 15 is 0 Å². The molecule has 0 aliphatic heterocycles. The van der Waals surface area contributed by atoms with E-state index in [0.717, 1.165) is 15.5 Å². The Bertz CT molecular complexity index is 1170. The Labute approximate surface area is 169 Å². The van der Waals surface area contributed by atoms with Crippen molar-refractivity contribution in [2.45, 2.75) is 33.1 Å². The van der Waals surface area contributed by atoms with Gasteiger partial charge in [0.15, 0.2) is 4.96 Å². The summed E-state index contributed by atoms with van der Waals surface area (Å²) in [5.74, 6) is 0.0326. The lowest BCUT2D eigenvalue weighted by Crippen LogP contribution is -2.13. The van der Waals surface area contributed by atoms with Gasteiger partial charge in [-0.3, -0.25) is 9.20 Å². The van der Waals surface area contributed by atoms with Crippen molar-refractivity contribution in [2.24, 2.45) is 0 Å². The van der Waals surface area contributed by atoms with Crippen molar-refractivity contribution < 1.29 is 9.18 Å². The molecule has 0 saturated carbocycles. The summed E-state index contributed by atoms with van der Waals surface area (Å²) in [6.07, 6.45) is 1.86. The number of carbonyl (C=O) groups is 1. The summed E-state index contributed by atoms with van der Waals surface area (Å²) in [6.45, 7) is 8.07. The highest BCUT2D eigenvalue weighted by Crippen LogP contribution is 2.33. The molecule has 4 rings (SSSR count). The van der Waals surface area contributed by atoms with E-state index < -0.39 is 0 Å². The largest absolute Gasteiger partial charge is 0.305 e. The van der Waals surface area contributed by atoms with E-state index in [-0.39, 0.29) is 17.1 Å². The van der Waals surface area contributed by atoms with Crippen LogP contribution < -0.4 is 5.32 Å². The molecule has 8 heteroatoms. The lowest BCUT2D eigenvalue weighted by molar-refractivity contribution is 0.102. The molecule has 1 N–H and O–H groups in total. The number of anilines is 1. The summed E-state index contributed by atoms with van der Waals surface area (Å²) in [7, 11) is 0. The molecule has 3 heterocycles. The summed E-state index contributed by atoms with van der Waals surface area (Å²) in [5, 5.41) is 5.82. The normalized spacial score (nSPS) is 11.9. The van der Waals surface area contributed by atoms with Gasteiger partial charge in [-0.05, 0) is 31.2 Å². The van der Waals surface area contributed by atoms with Crippen LogP contribution in [0, 0.1) is 12.7 Å². The Morgan fingerprint density at radius 1 is 1.18 bits per heavy atom. The summed E-state index contributed by atoms with van der Waals surface area (Å²) in [4.78, 5) is 23.6. The van der Waals surface area contributed by atoms with E-state index in [1.807, 2.05) is 22.9 Å². The molecule has 0 bridgehead atoms. The van der Waals surface area contributed by atoms with Gasteiger partial charge in [0.25, 0.3) is 5.91 Å². The zero-order valence-electron chi connectivity index (χ0n) is 15.9. The second-order valence-electron chi connectivity index (χ2n) is 7.51. The number of fused-ring (bicyclic) bond motifs is 1. The van der Waals surface area contributed by atoms with Gasteiger partial charge in [-0.25, -0.2) is 14.4 Å². The van der Waals surface area contributed by atoms with E-state index in [1.54, 1.807) is 12.1 Å². The van der Waals surface area contributed by atoms with Crippen molar-refractivity contribution in [1.29, 1.82) is 0 Å². The third kappa shape index (κ3) is 3.33. The second kappa shape index (κ2) is 6.79. The smallest absolute Gasteiger partial charge is 0.268 e. The molecule has 1 aromatic carbocycles. The van der Waals surface area contributed by atoms with Crippen molar-refractivity contribution in [1.82, 2.24) is 14.4 Å². The number of amides is 1. The molecule has 0 aliphatic rings. The predicted molar refractivity (Wildman–Crippen MR) is 112 cm³/mol. The van der Waals surface area contributed by atoms with Gasteiger partial charge in [0.1, 0.15) is 22.2 Å². The Morgan fingerprint density at radius 2 is 1.89 bits per heavy atom. The number of thiazole rings is 2. The molecular formula is C20H19FN4OS2. The number of benzene rings is 1. The topological polar surface area (TPSA) is 59.3 Å². The number of halogens is 1. The number of imidazole rings is 1. The molecule has 1 amide bonds. The van der Waals surface area contributed by atoms with Crippen molar-refractivity contribution in [3.8, 4) is 11.3 Å². The van der Waals surface area contributed by atoms with Gasteiger partial charge in [0.2, 0.25) is 0 Å². The number of rotatable bonds is 3. The lowest BCUT2D eigenvalue weighted by atomic mass is 9.98. The van der Waals surface area contributed by atoms with E-state index in [9.17, 15) is 9.18 Å². The first-order valence-corrected chi connectivity index (χ1v) is 10.4. The predicted octanol–water partition coefficient (Wildman–Crippen LogP) is 5.52. The summed E-state index contributed by atoms with van der Waals surface area (Å²) in [5.41, 5.74) is 1.94. The van der Waals surface area contributed by atoms with E-state index in [0.29, 0.717) is 22.1 Å². The van der Waals surface area contributed by atoms with E-state index in [2.05, 4.69) is 36.1 Å². The van der Waals surface area contributed by atoms with Gasteiger partial charge in [0.05, 0.1) is 10.7 Å². The fourth-order valence-corrected chi connectivity index (χ4v) is 4.54. The zero-order chi connectivity index (χ0) is 20.1. The summed E-state index contributed by atoms with van der Waals surface area (Å²) in [6, 6.07) is 6.09. The molecule has 28 heavy (non-hydrogen) atoms. The Balaban J connectivity index is 1.74. The van der Waals surface area contributed by atoms with Gasteiger partial charge in [-0.2, -0.15) is 0 Å². The minimum Gasteiger partial charge on any atom is -0.305 e. The van der Waals surface area contributed by atoms with Gasteiger partial charge in [-0.1, -0.05) is 20.8 Å². The van der Waals surface area contributed by atoms with Crippen LogP contribution in [0.5, 0.6) is 0 Å². The lowest BCUT2D eigenvalue weighted by Gasteiger charge is -2.13. The number of hydrogen-bond donors (Lipinski definition) is 1.